The Morgan fingerprint density at radius 2 is 2.11 bits per heavy atom. The summed E-state index contributed by atoms with van der Waals surface area (Å²) in [6.07, 6.45) is 1.88. The second-order valence-corrected chi connectivity index (χ2v) is 7.57. The molecule has 0 aliphatic heterocycles. The van der Waals surface area contributed by atoms with Gasteiger partial charge in [-0.25, -0.2) is 13.1 Å². The van der Waals surface area contributed by atoms with Crippen LogP contribution in [0.5, 0.6) is 0 Å². The van der Waals surface area contributed by atoms with Crippen LogP contribution < -0.4 is 0 Å². The summed E-state index contributed by atoms with van der Waals surface area (Å²) < 4.78 is 28.5. The molecular formula is C10H17BrN4O2S. The van der Waals surface area contributed by atoms with E-state index in [-0.39, 0.29) is 15.7 Å². The van der Waals surface area contributed by atoms with E-state index in [2.05, 4.69) is 26.2 Å². The first-order chi connectivity index (χ1) is 8.34. The summed E-state index contributed by atoms with van der Waals surface area (Å²) in [4.78, 5) is 0. The first-order valence-corrected chi connectivity index (χ1v) is 8.14. The number of nitrogens with zero attached hydrogens (tertiary/aromatic N) is 4. The molecule has 1 fully saturated rings. The molecule has 1 aromatic heterocycles. The zero-order valence-electron chi connectivity index (χ0n) is 10.7. The molecule has 1 aliphatic rings. The van der Waals surface area contributed by atoms with Gasteiger partial charge in [0.15, 0.2) is 4.60 Å². The van der Waals surface area contributed by atoms with Gasteiger partial charge in [0.1, 0.15) is 0 Å². The molecule has 8 heteroatoms. The molecule has 102 valence electrons. The van der Waals surface area contributed by atoms with E-state index in [0.29, 0.717) is 12.5 Å². The normalized spacial score (nSPS) is 16.8. The fraction of sp³-hybridized carbons (Fsp3) is 0.800. The van der Waals surface area contributed by atoms with E-state index in [0.717, 1.165) is 12.8 Å². The van der Waals surface area contributed by atoms with Gasteiger partial charge in [0, 0.05) is 19.6 Å². The van der Waals surface area contributed by atoms with Crippen molar-refractivity contribution >= 4 is 26.0 Å². The van der Waals surface area contributed by atoms with E-state index in [4.69, 9.17) is 0 Å². The van der Waals surface area contributed by atoms with E-state index < -0.39 is 10.0 Å². The van der Waals surface area contributed by atoms with Crippen LogP contribution in [0.25, 0.3) is 0 Å². The van der Waals surface area contributed by atoms with Crippen molar-refractivity contribution in [2.45, 2.75) is 37.8 Å². The summed E-state index contributed by atoms with van der Waals surface area (Å²) in [6, 6.07) is 0.138. The molecule has 0 radical (unpaired) electrons. The zero-order chi connectivity index (χ0) is 13.5. The van der Waals surface area contributed by atoms with Gasteiger partial charge in [0.05, 0.1) is 0 Å². The summed E-state index contributed by atoms with van der Waals surface area (Å²) in [5, 5.41) is 7.62. The average molecular weight is 337 g/mol. The Bertz CT molecular complexity index is 517. The molecular weight excluding hydrogens is 320 g/mol. The minimum Gasteiger partial charge on any atom is -0.235 e. The number of sulfonamides is 1. The lowest BCUT2D eigenvalue weighted by atomic mass is 10.2. The van der Waals surface area contributed by atoms with E-state index >= 15 is 0 Å². The first kappa shape index (κ1) is 14.0. The fourth-order valence-corrected chi connectivity index (χ4v) is 4.76. The highest BCUT2D eigenvalue weighted by molar-refractivity contribution is 9.10. The molecule has 1 saturated carbocycles. The first-order valence-electron chi connectivity index (χ1n) is 5.91. The Morgan fingerprint density at radius 1 is 1.50 bits per heavy atom. The maximum absolute atomic E-state index is 12.6. The molecule has 0 atom stereocenters. The van der Waals surface area contributed by atoms with Gasteiger partial charge in [-0.3, -0.25) is 0 Å². The molecule has 2 rings (SSSR count). The lowest BCUT2D eigenvalue weighted by molar-refractivity contribution is 0.356. The van der Waals surface area contributed by atoms with Crippen LogP contribution in [0.1, 0.15) is 26.7 Å². The highest BCUT2D eigenvalue weighted by Crippen LogP contribution is 2.34. The van der Waals surface area contributed by atoms with Crippen LogP contribution in [-0.4, -0.2) is 40.3 Å². The second kappa shape index (κ2) is 4.90. The van der Waals surface area contributed by atoms with Crippen molar-refractivity contribution in [1.29, 1.82) is 0 Å². The van der Waals surface area contributed by atoms with Crippen LogP contribution in [0, 0.1) is 5.92 Å². The van der Waals surface area contributed by atoms with Crippen LogP contribution in [0.2, 0.25) is 0 Å². The SMILES string of the molecule is CC(C)CN(C1CC1)S(=O)(=O)c1c(Br)nnn1C. The van der Waals surface area contributed by atoms with Crippen LogP contribution >= 0.6 is 15.9 Å². The Labute approximate surface area is 116 Å². The lowest BCUT2D eigenvalue weighted by Crippen LogP contribution is -2.37. The molecule has 0 saturated heterocycles. The van der Waals surface area contributed by atoms with Crippen molar-refractivity contribution in [2.24, 2.45) is 13.0 Å². The molecule has 0 aromatic carbocycles. The summed E-state index contributed by atoms with van der Waals surface area (Å²) in [5.74, 6) is 0.292. The van der Waals surface area contributed by atoms with E-state index in [1.807, 2.05) is 13.8 Å². The molecule has 0 unspecified atom stereocenters. The number of hydrogen-bond donors (Lipinski definition) is 0. The van der Waals surface area contributed by atoms with Crippen molar-refractivity contribution in [3.63, 3.8) is 0 Å². The van der Waals surface area contributed by atoms with Crippen molar-refractivity contribution in [2.75, 3.05) is 6.54 Å². The molecule has 18 heavy (non-hydrogen) atoms. The summed E-state index contributed by atoms with van der Waals surface area (Å²) in [5.41, 5.74) is 0. The third-order valence-electron chi connectivity index (χ3n) is 2.79. The number of hydrogen-bond acceptors (Lipinski definition) is 4. The Morgan fingerprint density at radius 3 is 2.50 bits per heavy atom. The number of aromatic nitrogens is 3. The van der Waals surface area contributed by atoms with Crippen LogP contribution in [0.4, 0.5) is 0 Å². The zero-order valence-corrected chi connectivity index (χ0v) is 13.1. The molecule has 0 N–H and O–H groups in total. The second-order valence-electron chi connectivity index (χ2n) is 5.01. The lowest BCUT2D eigenvalue weighted by Gasteiger charge is -2.23. The minimum atomic E-state index is -3.53. The monoisotopic (exact) mass is 336 g/mol. The number of halogens is 1. The topological polar surface area (TPSA) is 68.1 Å². The highest BCUT2D eigenvalue weighted by atomic mass is 79.9. The van der Waals surface area contributed by atoms with Gasteiger partial charge in [-0.2, -0.15) is 4.31 Å². The van der Waals surface area contributed by atoms with Crippen LogP contribution in [0.3, 0.4) is 0 Å². The molecule has 1 aliphatic carbocycles. The maximum atomic E-state index is 12.6. The summed E-state index contributed by atoms with van der Waals surface area (Å²) >= 11 is 3.16. The summed E-state index contributed by atoms with van der Waals surface area (Å²) in [7, 11) is -1.94. The minimum absolute atomic E-state index is 0.134. The van der Waals surface area contributed by atoms with Gasteiger partial charge in [0.2, 0.25) is 5.03 Å². The Kier molecular flexibility index (Phi) is 3.80. The number of aryl methyl sites for hydroxylation is 1. The maximum Gasteiger partial charge on any atom is 0.263 e. The van der Waals surface area contributed by atoms with Crippen molar-refractivity contribution in [1.82, 2.24) is 19.3 Å². The van der Waals surface area contributed by atoms with Gasteiger partial charge >= 0.3 is 0 Å². The van der Waals surface area contributed by atoms with Crippen molar-refractivity contribution in [3.8, 4) is 0 Å². The smallest absolute Gasteiger partial charge is 0.235 e. The van der Waals surface area contributed by atoms with Crippen molar-refractivity contribution in [3.05, 3.63) is 4.60 Å². The molecule has 0 bridgehead atoms. The third-order valence-corrected chi connectivity index (χ3v) is 5.60. The molecule has 6 nitrogen and oxygen atoms in total. The van der Waals surface area contributed by atoms with Gasteiger partial charge in [0.25, 0.3) is 10.0 Å². The fourth-order valence-electron chi connectivity index (χ4n) is 1.87. The van der Waals surface area contributed by atoms with Crippen LogP contribution in [0.15, 0.2) is 9.63 Å². The average Bonchev–Trinajstić information content (AvgIpc) is 3.01. The molecule has 1 heterocycles. The van der Waals surface area contributed by atoms with E-state index in [1.165, 1.54) is 4.68 Å². The standard InChI is InChI=1S/C10H17BrN4O2S/c1-7(2)6-15(8-4-5-8)18(16,17)10-9(11)12-13-14(10)3/h7-8H,4-6H2,1-3H3. The largest absolute Gasteiger partial charge is 0.263 e. The van der Waals surface area contributed by atoms with E-state index in [9.17, 15) is 8.42 Å². The quantitative estimate of drug-likeness (QED) is 0.814. The highest BCUT2D eigenvalue weighted by Gasteiger charge is 2.40. The predicted molar refractivity (Wildman–Crippen MR) is 70.5 cm³/mol. The Balaban J connectivity index is 2.39. The van der Waals surface area contributed by atoms with Gasteiger partial charge in [-0.05, 0) is 34.7 Å². The van der Waals surface area contributed by atoms with Gasteiger partial charge < -0.3 is 0 Å². The summed E-state index contributed by atoms with van der Waals surface area (Å²) in [6.45, 7) is 4.56. The molecule has 0 amide bonds. The Hall–Kier alpha value is -0.470. The van der Waals surface area contributed by atoms with Gasteiger partial charge in [-0.1, -0.05) is 19.1 Å². The van der Waals surface area contributed by atoms with Crippen LogP contribution in [-0.2, 0) is 17.1 Å². The third kappa shape index (κ3) is 2.60. The van der Waals surface area contributed by atoms with Crippen molar-refractivity contribution < 1.29 is 8.42 Å². The predicted octanol–water partition coefficient (Wildman–Crippen LogP) is 1.39. The number of rotatable bonds is 5. The molecule has 1 aromatic rings. The van der Waals surface area contributed by atoms with E-state index in [1.54, 1.807) is 11.4 Å². The van der Waals surface area contributed by atoms with Gasteiger partial charge in [-0.15, -0.1) is 5.10 Å². The molecule has 0 spiro atoms.